The van der Waals surface area contributed by atoms with Gasteiger partial charge in [0.05, 0.1) is 0 Å². The fourth-order valence-electron chi connectivity index (χ4n) is 0.468. The van der Waals surface area contributed by atoms with Crippen molar-refractivity contribution in [2.45, 2.75) is 25.1 Å². The number of rotatable bonds is 5. The number of aliphatic hydroxyl groups is 2. The van der Waals surface area contributed by atoms with E-state index in [-0.39, 0.29) is 42.6 Å². The predicted molar refractivity (Wildman–Crippen MR) is 38.0 cm³/mol. The largest absolute Gasteiger partial charge is 1.00 e. The summed E-state index contributed by atoms with van der Waals surface area (Å²) in [6, 6.07) is 0. The van der Waals surface area contributed by atoms with Crippen LogP contribution in [0.4, 0.5) is 0 Å². The zero-order valence-electron chi connectivity index (χ0n) is 7.50. The fraction of sp³-hybridized carbons (Fsp3) is 1.00. The summed E-state index contributed by atoms with van der Waals surface area (Å²) < 4.78 is 35.0. The van der Waals surface area contributed by atoms with Crippen LogP contribution >= 0.6 is 0 Å². The normalized spacial score (nSPS) is 16.0. The topological polar surface area (TPSA) is 107 Å². The van der Waals surface area contributed by atoms with Crippen molar-refractivity contribution >= 4 is 10.1 Å². The average Bonchev–Trinajstić information content (AvgIpc) is 1.85. The summed E-state index contributed by atoms with van der Waals surface area (Å²) in [5.41, 5.74) is -1.60. The molecule has 0 fully saturated rings. The Morgan fingerprint density at radius 3 is 2.31 bits per heavy atom. The van der Waals surface area contributed by atoms with Crippen LogP contribution in [0.3, 0.4) is 0 Å². The van der Waals surface area contributed by atoms with E-state index in [4.69, 9.17) is 10.2 Å². The maximum atomic E-state index is 10.2. The Balaban J connectivity index is 0. The van der Waals surface area contributed by atoms with Crippen molar-refractivity contribution in [3.05, 3.63) is 0 Å². The van der Waals surface area contributed by atoms with E-state index < -0.39 is 21.8 Å². The van der Waals surface area contributed by atoms with Gasteiger partial charge in [0.1, 0.15) is 15.6 Å². The van der Waals surface area contributed by atoms with E-state index >= 15 is 0 Å². The van der Waals surface area contributed by atoms with Crippen LogP contribution in [-0.2, 0) is 14.9 Å². The molecular weight excluding hydrogens is 211 g/mol. The van der Waals surface area contributed by atoms with Gasteiger partial charge >= 0.3 is 29.6 Å². The molecule has 13 heavy (non-hydrogen) atoms. The molecule has 0 radical (unpaired) electrons. The van der Waals surface area contributed by atoms with E-state index in [2.05, 4.69) is 4.74 Å². The molecular formula is C5H11NaO6S. The molecule has 0 amide bonds. The second-order valence-electron chi connectivity index (χ2n) is 2.16. The van der Waals surface area contributed by atoms with Crippen molar-refractivity contribution in [3.63, 3.8) is 0 Å². The first kappa shape index (κ1) is 16.2. The Labute approximate surface area is 98.9 Å². The van der Waals surface area contributed by atoms with Crippen molar-refractivity contribution < 1.29 is 57.5 Å². The van der Waals surface area contributed by atoms with Crippen LogP contribution in [0, 0.1) is 0 Å². The third-order valence-electron chi connectivity index (χ3n) is 1.13. The van der Waals surface area contributed by atoms with Gasteiger partial charge in [0.15, 0.2) is 6.29 Å². The summed E-state index contributed by atoms with van der Waals surface area (Å²) in [5.74, 6) is 0. The Morgan fingerprint density at radius 2 is 2.00 bits per heavy atom. The molecule has 0 saturated heterocycles. The molecule has 0 saturated carbocycles. The van der Waals surface area contributed by atoms with Gasteiger partial charge in [-0.1, -0.05) is 0 Å². The van der Waals surface area contributed by atoms with Gasteiger partial charge in [-0.2, -0.15) is 0 Å². The molecule has 0 spiro atoms. The zero-order valence-corrected chi connectivity index (χ0v) is 10.3. The monoisotopic (exact) mass is 222 g/mol. The van der Waals surface area contributed by atoms with Gasteiger partial charge in [-0.25, -0.2) is 8.42 Å². The quantitative estimate of drug-likeness (QED) is 0.276. The number of hydrogen-bond acceptors (Lipinski definition) is 6. The average molecular weight is 222 g/mol. The second kappa shape index (κ2) is 7.13. The van der Waals surface area contributed by atoms with E-state index in [1.54, 1.807) is 0 Å². The number of aliphatic hydroxyl groups excluding tert-OH is 2. The first-order valence-electron chi connectivity index (χ1n) is 3.27. The SMILES string of the molecule is CC(OC(O)CCO)S(=O)(=O)[O-].[Na+]. The van der Waals surface area contributed by atoms with Gasteiger partial charge in [-0.15, -0.1) is 0 Å². The Bertz CT molecular complexity index is 215. The zero-order chi connectivity index (χ0) is 9.78. The van der Waals surface area contributed by atoms with Gasteiger partial charge in [0.2, 0.25) is 0 Å². The Morgan fingerprint density at radius 1 is 1.54 bits per heavy atom. The molecule has 2 unspecified atom stereocenters. The van der Waals surface area contributed by atoms with Crippen molar-refractivity contribution in [3.8, 4) is 0 Å². The molecule has 0 aromatic rings. The van der Waals surface area contributed by atoms with Crippen LogP contribution in [0.15, 0.2) is 0 Å². The fourth-order valence-corrected chi connectivity index (χ4v) is 0.732. The molecule has 2 atom stereocenters. The maximum Gasteiger partial charge on any atom is 1.00 e. The minimum absolute atomic E-state index is 0. The Kier molecular flexibility index (Phi) is 8.90. The molecule has 0 rings (SSSR count). The van der Waals surface area contributed by atoms with E-state index in [0.717, 1.165) is 6.92 Å². The summed E-state index contributed by atoms with van der Waals surface area (Å²) in [7, 11) is -4.53. The molecule has 8 heteroatoms. The maximum absolute atomic E-state index is 10.2. The predicted octanol–water partition coefficient (Wildman–Crippen LogP) is -4.40. The molecule has 0 heterocycles. The summed E-state index contributed by atoms with van der Waals surface area (Å²) in [5, 5.41) is 17.1. The van der Waals surface area contributed by atoms with Crippen LogP contribution < -0.4 is 29.6 Å². The first-order chi connectivity index (χ1) is 5.38. The molecule has 6 nitrogen and oxygen atoms in total. The summed E-state index contributed by atoms with van der Waals surface area (Å²) in [6.07, 6.45) is -1.55. The molecule has 0 aromatic heterocycles. The minimum atomic E-state index is -4.53. The van der Waals surface area contributed by atoms with Crippen LogP contribution in [0.5, 0.6) is 0 Å². The Hall–Kier alpha value is 0.790. The minimum Gasteiger partial charge on any atom is -0.746 e. The number of hydrogen-bond donors (Lipinski definition) is 2. The molecule has 0 aromatic carbocycles. The summed E-state index contributed by atoms with van der Waals surface area (Å²) >= 11 is 0. The van der Waals surface area contributed by atoms with Gasteiger partial charge in [0, 0.05) is 13.0 Å². The third-order valence-corrected chi connectivity index (χ3v) is 2.06. The number of ether oxygens (including phenoxy) is 1. The second-order valence-corrected chi connectivity index (χ2v) is 3.81. The van der Waals surface area contributed by atoms with Gasteiger partial charge in [0.25, 0.3) is 0 Å². The van der Waals surface area contributed by atoms with Gasteiger partial charge < -0.3 is 19.5 Å². The van der Waals surface area contributed by atoms with Crippen molar-refractivity contribution in [1.82, 2.24) is 0 Å². The molecule has 0 aliphatic heterocycles. The van der Waals surface area contributed by atoms with Crippen LogP contribution in [0.2, 0.25) is 0 Å². The smallest absolute Gasteiger partial charge is 0.746 e. The van der Waals surface area contributed by atoms with Crippen molar-refractivity contribution in [2.24, 2.45) is 0 Å². The van der Waals surface area contributed by atoms with E-state index in [1.165, 1.54) is 0 Å². The molecule has 0 aliphatic carbocycles. The van der Waals surface area contributed by atoms with Crippen molar-refractivity contribution in [2.75, 3.05) is 6.61 Å². The van der Waals surface area contributed by atoms with Gasteiger partial charge in [-0.05, 0) is 6.92 Å². The van der Waals surface area contributed by atoms with Gasteiger partial charge in [-0.3, -0.25) is 0 Å². The summed E-state index contributed by atoms with van der Waals surface area (Å²) in [4.78, 5) is 0. The van der Waals surface area contributed by atoms with Crippen LogP contribution in [0.1, 0.15) is 13.3 Å². The van der Waals surface area contributed by atoms with E-state index in [0.29, 0.717) is 0 Å². The first-order valence-corrected chi connectivity index (χ1v) is 4.74. The molecule has 0 aliphatic rings. The molecule has 2 N–H and O–H groups in total. The third kappa shape index (κ3) is 7.83. The molecule has 74 valence electrons. The van der Waals surface area contributed by atoms with E-state index in [1.807, 2.05) is 0 Å². The summed E-state index contributed by atoms with van der Waals surface area (Å²) in [6.45, 7) is 0.676. The van der Waals surface area contributed by atoms with Crippen LogP contribution in [-0.4, -0.2) is 41.5 Å². The molecule has 0 bridgehead atoms. The van der Waals surface area contributed by atoms with Crippen LogP contribution in [0.25, 0.3) is 0 Å². The van der Waals surface area contributed by atoms with Crippen molar-refractivity contribution in [1.29, 1.82) is 0 Å². The standard InChI is InChI=1S/C5H12O6S.Na/c1-4(12(8,9)10)11-5(7)2-3-6;/h4-7H,2-3H2,1H3,(H,8,9,10);/q;+1/p-1. The van der Waals surface area contributed by atoms with E-state index in [9.17, 15) is 13.0 Å².